The van der Waals surface area contributed by atoms with Crippen LogP contribution in [-0.4, -0.2) is 19.0 Å². The van der Waals surface area contributed by atoms with E-state index in [2.05, 4.69) is 0 Å². The van der Waals surface area contributed by atoms with Crippen molar-refractivity contribution in [2.45, 2.75) is 25.3 Å². The van der Waals surface area contributed by atoms with Crippen LogP contribution in [0.4, 0.5) is 0 Å². The molecular weight excluding hydrogens is 166 g/mol. The van der Waals surface area contributed by atoms with Crippen LogP contribution in [0, 0.1) is 0 Å². The van der Waals surface area contributed by atoms with Crippen LogP contribution in [0.25, 0.3) is 0 Å². The fourth-order valence-corrected chi connectivity index (χ4v) is 1.75. The molecule has 0 amide bonds. The Morgan fingerprint density at radius 3 is 2.64 bits per heavy atom. The lowest BCUT2D eigenvalue weighted by molar-refractivity contribution is 0.483. The summed E-state index contributed by atoms with van der Waals surface area (Å²) in [6.07, 6.45) is 3.02. The molecule has 3 N–H and O–H groups in total. The summed E-state index contributed by atoms with van der Waals surface area (Å²) in [5.41, 5.74) is 5.52. The van der Waals surface area contributed by atoms with Crippen molar-refractivity contribution in [3.63, 3.8) is 0 Å². The molecule has 1 rings (SSSR count). The lowest BCUT2D eigenvalue weighted by Crippen LogP contribution is -2.23. The molecule has 1 aliphatic carbocycles. The maximum atomic E-state index is 10.5. The quantitative estimate of drug-likeness (QED) is 0.563. The van der Waals surface area contributed by atoms with Gasteiger partial charge in [0.05, 0.1) is 4.91 Å². The third-order valence-corrected chi connectivity index (χ3v) is 2.77. The van der Waals surface area contributed by atoms with E-state index in [0.29, 0.717) is 19.3 Å². The lowest BCUT2D eigenvalue weighted by Gasteiger charge is -2.15. The van der Waals surface area contributed by atoms with E-state index >= 15 is 0 Å². The van der Waals surface area contributed by atoms with Gasteiger partial charge in [-0.15, -0.1) is 0 Å². The predicted molar refractivity (Wildman–Crippen MR) is 41.5 cm³/mol. The molecule has 0 aromatic rings. The Hall–Kier alpha value is -0.390. The Morgan fingerprint density at radius 2 is 2.27 bits per heavy atom. The molecule has 11 heavy (non-hydrogen) atoms. The number of rotatable bonds is 1. The predicted octanol–water partition coefficient (Wildman–Crippen LogP) is 0.269. The second-order valence-electron chi connectivity index (χ2n) is 2.68. The van der Waals surface area contributed by atoms with Gasteiger partial charge in [-0.3, -0.25) is 4.55 Å². The zero-order valence-corrected chi connectivity index (χ0v) is 6.84. The highest BCUT2D eigenvalue weighted by Gasteiger charge is 2.18. The first kappa shape index (κ1) is 8.70. The molecule has 0 radical (unpaired) electrons. The molecule has 1 unspecified atom stereocenters. The van der Waals surface area contributed by atoms with E-state index in [1.807, 2.05) is 0 Å². The van der Waals surface area contributed by atoms with E-state index in [0.717, 1.165) is 0 Å². The Labute approximate surface area is 65.8 Å². The minimum absolute atomic E-state index is 0.0421. The van der Waals surface area contributed by atoms with Gasteiger partial charge in [0.2, 0.25) is 0 Å². The van der Waals surface area contributed by atoms with Crippen molar-refractivity contribution in [1.82, 2.24) is 0 Å². The number of allylic oxidation sites excluding steroid dienone is 1. The molecule has 5 heteroatoms. The van der Waals surface area contributed by atoms with Gasteiger partial charge in [-0.05, 0) is 19.3 Å². The molecule has 4 nitrogen and oxygen atoms in total. The Balaban J connectivity index is 2.78. The molecule has 0 saturated carbocycles. The highest BCUT2D eigenvalue weighted by molar-refractivity contribution is 7.89. The van der Waals surface area contributed by atoms with Gasteiger partial charge in [0.15, 0.2) is 0 Å². The number of hydrogen-bond donors (Lipinski definition) is 2. The molecule has 0 aliphatic heterocycles. The average molecular weight is 177 g/mol. The zero-order chi connectivity index (χ0) is 8.48. The van der Waals surface area contributed by atoms with Crippen molar-refractivity contribution in [2.24, 2.45) is 5.73 Å². The van der Waals surface area contributed by atoms with Crippen molar-refractivity contribution < 1.29 is 13.0 Å². The molecule has 0 aromatic carbocycles. The van der Waals surface area contributed by atoms with E-state index in [1.54, 1.807) is 0 Å². The van der Waals surface area contributed by atoms with Gasteiger partial charge in [0.1, 0.15) is 0 Å². The van der Waals surface area contributed by atoms with E-state index in [1.165, 1.54) is 6.08 Å². The van der Waals surface area contributed by atoms with Gasteiger partial charge >= 0.3 is 0 Å². The first-order valence-electron chi connectivity index (χ1n) is 3.42. The summed E-state index contributed by atoms with van der Waals surface area (Å²) in [5, 5.41) is 0. The van der Waals surface area contributed by atoms with Crippen molar-refractivity contribution in [3.8, 4) is 0 Å². The second-order valence-corrected chi connectivity index (χ2v) is 4.15. The third-order valence-electron chi connectivity index (χ3n) is 1.74. The topological polar surface area (TPSA) is 80.4 Å². The molecule has 1 aliphatic rings. The van der Waals surface area contributed by atoms with E-state index in [-0.39, 0.29) is 10.9 Å². The molecule has 0 heterocycles. The minimum Gasteiger partial charge on any atom is -0.327 e. The number of hydrogen-bond acceptors (Lipinski definition) is 3. The Kier molecular flexibility index (Phi) is 2.31. The van der Waals surface area contributed by atoms with Crippen LogP contribution in [0.3, 0.4) is 0 Å². The molecular formula is C6H11NO3S. The Bertz CT molecular complexity index is 268. The maximum absolute atomic E-state index is 10.5. The van der Waals surface area contributed by atoms with Gasteiger partial charge in [0, 0.05) is 6.04 Å². The second kappa shape index (κ2) is 2.92. The van der Waals surface area contributed by atoms with Crippen LogP contribution >= 0.6 is 0 Å². The average Bonchev–Trinajstić information content (AvgIpc) is 1.86. The van der Waals surface area contributed by atoms with E-state index in [4.69, 9.17) is 10.3 Å². The Morgan fingerprint density at radius 1 is 1.64 bits per heavy atom. The van der Waals surface area contributed by atoms with Crippen LogP contribution in [-0.2, 0) is 10.1 Å². The highest BCUT2D eigenvalue weighted by atomic mass is 32.2. The lowest BCUT2D eigenvalue weighted by atomic mass is 10.0. The summed E-state index contributed by atoms with van der Waals surface area (Å²) >= 11 is 0. The SMILES string of the molecule is NC1CC=C(S(=O)(=O)O)CC1. The largest absolute Gasteiger partial charge is 0.327 e. The summed E-state index contributed by atoms with van der Waals surface area (Å²) in [7, 11) is -3.94. The summed E-state index contributed by atoms with van der Waals surface area (Å²) in [5.74, 6) is 0. The third kappa shape index (κ3) is 2.28. The highest BCUT2D eigenvalue weighted by Crippen LogP contribution is 2.20. The molecule has 0 saturated heterocycles. The summed E-state index contributed by atoms with van der Waals surface area (Å²) in [4.78, 5) is 0.110. The van der Waals surface area contributed by atoms with E-state index < -0.39 is 10.1 Å². The van der Waals surface area contributed by atoms with Crippen LogP contribution in [0.2, 0.25) is 0 Å². The van der Waals surface area contributed by atoms with Crippen LogP contribution in [0.1, 0.15) is 19.3 Å². The first-order chi connectivity index (χ1) is 5.00. The fourth-order valence-electron chi connectivity index (χ4n) is 1.06. The van der Waals surface area contributed by atoms with Crippen molar-refractivity contribution in [2.75, 3.05) is 0 Å². The fraction of sp³-hybridized carbons (Fsp3) is 0.667. The first-order valence-corrected chi connectivity index (χ1v) is 4.86. The molecule has 0 fully saturated rings. The monoisotopic (exact) mass is 177 g/mol. The minimum atomic E-state index is -3.94. The summed E-state index contributed by atoms with van der Waals surface area (Å²) in [6.45, 7) is 0. The van der Waals surface area contributed by atoms with E-state index in [9.17, 15) is 8.42 Å². The number of nitrogens with two attached hydrogens (primary N) is 1. The van der Waals surface area contributed by atoms with Crippen molar-refractivity contribution >= 4 is 10.1 Å². The smallest absolute Gasteiger partial charge is 0.290 e. The zero-order valence-electron chi connectivity index (χ0n) is 6.03. The molecule has 0 bridgehead atoms. The normalized spacial score (nSPS) is 26.4. The van der Waals surface area contributed by atoms with Crippen LogP contribution in [0.5, 0.6) is 0 Å². The summed E-state index contributed by atoms with van der Waals surface area (Å²) < 4.78 is 29.7. The molecule has 64 valence electrons. The molecule has 1 atom stereocenters. The van der Waals surface area contributed by atoms with Gasteiger partial charge in [0.25, 0.3) is 10.1 Å². The molecule has 0 spiro atoms. The standard InChI is InChI=1S/C6H11NO3S/c7-5-1-3-6(4-2-5)11(8,9)10/h3,5H,1-2,4,7H2,(H,8,9,10). The van der Waals surface area contributed by atoms with Crippen LogP contribution < -0.4 is 5.73 Å². The van der Waals surface area contributed by atoms with Gasteiger partial charge < -0.3 is 5.73 Å². The van der Waals surface area contributed by atoms with Crippen molar-refractivity contribution in [1.29, 1.82) is 0 Å². The van der Waals surface area contributed by atoms with Gasteiger partial charge in [-0.25, -0.2) is 0 Å². The summed E-state index contributed by atoms with van der Waals surface area (Å²) in [6, 6.07) is 0.0421. The van der Waals surface area contributed by atoms with Crippen molar-refractivity contribution in [3.05, 3.63) is 11.0 Å². The molecule has 0 aromatic heterocycles. The van der Waals surface area contributed by atoms with Gasteiger partial charge in [-0.2, -0.15) is 8.42 Å². The van der Waals surface area contributed by atoms with Gasteiger partial charge in [-0.1, -0.05) is 6.08 Å². The maximum Gasteiger partial charge on any atom is 0.290 e. The van der Waals surface area contributed by atoms with Crippen LogP contribution in [0.15, 0.2) is 11.0 Å².